The third-order valence-corrected chi connectivity index (χ3v) is 11.0. The van der Waals surface area contributed by atoms with Gasteiger partial charge in [0.05, 0.1) is 13.0 Å². The lowest BCUT2D eigenvalue weighted by atomic mass is 10.1. The second-order valence-corrected chi connectivity index (χ2v) is 15.3. The Morgan fingerprint density at radius 1 is 1.00 bits per heavy atom. The van der Waals surface area contributed by atoms with Gasteiger partial charge in [0, 0.05) is 18.3 Å². The first kappa shape index (κ1) is 32.2. The molecule has 2 aromatic rings. The van der Waals surface area contributed by atoms with Crippen LogP contribution in [0.25, 0.3) is 0 Å². The molecule has 0 bridgehead atoms. The number of anilines is 1. The molecule has 12 heteroatoms. The number of nitrogens with zero attached hydrogens (tertiary/aromatic N) is 2. The van der Waals surface area contributed by atoms with Crippen LogP contribution in [0.15, 0.2) is 59.6 Å². The summed E-state index contributed by atoms with van der Waals surface area (Å²) >= 11 is 0. The Kier molecular flexibility index (Phi) is 11.1. The van der Waals surface area contributed by atoms with Crippen molar-refractivity contribution in [2.45, 2.75) is 51.4 Å². The maximum Gasteiger partial charge on any atom is 0.435 e. The first-order valence-corrected chi connectivity index (χ1v) is 15.5. The second-order valence-electron chi connectivity index (χ2n) is 10.5. The van der Waals surface area contributed by atoms with E-state index in [1.165, 1.54) is 31.3 Å². The van der Waals surface area contributed by atoms with E-state index in [2.05, 4.69) is 38.9 Å². The van der Waals surface area contributed by atoms with Crippen molar-refractivity contribution in [2.75, 3.05) is 26.0 Å². The van der Waals surface area contributed by atoms with Crippen LogP contribution in [0, 0.1) is 0 Å². The van der Waals surface area contributed by atoms with Crippen molar-refractivity contribution >= 4 is 43.6 Å². The molecule has 0 aliphatic carbocycles. The number of carbonyl (C=O) groups excluding carboxylic acids is 3. The van der Waals surface area contributed by atoms with Crippen molar-refractivity contribution in [3.8, 4) is 5.75 Å². The highest BCUT2D eigenvalue weighted by molar-refractivity contribution is 6.74. The van der Waals surface area contributed by atoms with E-state index in [0.29, 0.717) is 5.69 Å². The lowest BCUT2D eigenvalue weighted by Crippen LogP contribution is -2.42. The number of ketones is 1. The molecular formula is C28H37N3O8Si. The minimum absolute atomic E-state index is 0.0295. The molecule has 0 fully saturated rings. The van der Waals surface area contributed by atoms with Gasteiger partial charge in [-0.15, -0.1) is 0 Å². The number of carboxylic acid groups (broad SMARTS) is 1. The van der Waals surface area contributed by atoms with Crippen LogP contribution >= 0.6 is 0 Å². The maximum absolute atomic E-state index is 13.1. The number of hydrogen-bond acceptors (Lipinski definition) is 8. The highest BCUT2D eigenvalue weighted by Gasteiger charge is 2.37. The number of nitrogens with two attached hydrogens (primary N) is 1. The average Bonchev–Trinajstić information content (AvgIpc) is 2.89. The molecule has 1 unspecified atom stereocenters. The summed E-state index contributed by atoms with van der Waals surface area (Å²) in [6.07, 6.45) is -3.68. The highest BCUT2D eigenvalue weighted by Crippen LogP contribution is 2.36. The standard InChI is InChI=1S/C28H37N3O8Si/c1-28(2,3)40(5,6)38-17-16-37-27(36)30-23(31(4)25(33)19-10-8-7-9-11-19)18-22(32)24(26(34)35)39-21-14-12-20(29)13-15-21/h7-15,24H,16-18,29H2,1-6H3,(H,34,35). The fourth-order valence-corrected chi connectivity index (χ4v) is 4.12. The number of amides is 2. The van der Waals surface area contributed by atoms with Crippen molar-refractivity contribution in [3.05, 3.63) is 60.2 Å². The van der Waals surface area contributed by atoms with E-state index in [0.717, 1.165) is 4.90 Å². The summed E-state index contributed by atoms with van der Waals surface area (Å²) in [4.78, 5) is 55.4. The monoisotopic (exact) mass is 571 g/mol. The van der Waals surface area contributed by atoms with Gasteiger partial charge in [-0.25, -0.2) is 9.59 Å². The normalized spacial score (nSPS) is 12.8. The minimum Gasteiger partial charge on any atom is -0.478 e. The van der Waals surface area contributed by atoms with Crippen LogP contribution in [0.5, 0.6) is 5.75 Å². The van der Waals surface area contributed by atoms with Gasteiger partial charge >= 0.3 is 12.1 Å². The molecule has 0 radical (unpaired) electrons. The molecule has 2 amide bonds. The van der Waals surface area contributed by atoms with E-state index in [9.17, 15) is 24.3 Å². The first-order valence-electron chi connectivity index (χ1n) is 12.6. The number of amidine groups is 1. The molecular weight excluding hydrogens is 534 g/mol. The topological polar surface area (TPSA) is 158 Å². The van der Waals surface area contributed by atoms with Crippen LogP contribution in [0.1, 0.15) is 37.6 Å². The van der Waals surface area contributed by atoms with Gasteiger partial charge in [-0.3, -0.25) is 14.5 Å². The largest absolute Gasteiger partial charge is 0.478 e. The lowest BCUT2D eigenvalue weighted by molar-refractivity contribution is -0.149. The number of Topliss-reactive ketones (excluding diaryl/α,β-unsaturated/α-hetero) is 1. The molecule has 0 spiro atoms. The van der Waals surface area contributed by atoms with Crippen LogP contribution in [-0.2, 0) is 18.8 Å². The van der Waals surface area contributed by atoms with Crippen LogP contribution < -0.4 is 10.5 Å². The molecule has 0 aliphatic rings. The number of aliphatic imine (C=N–C) groups is 1. The Labute approximate surface area is 235 Å². The summed E-state index contributed by atoms with van der Waals surface area (Å²) in [6.45, 7) is 10.4. The van der Waals surface area contributed by atoms with Gasteiger partial charge in [0.15, 0.2) is 14.1 Å². The zero-order chi connectivity index (χ0) is 30.1. The third-order valence-electron chi connectivity index (χ3n) is 6.49. The Morgan fingerprint density at radius 3 is 2.15 bits per heavy atom. The molecule has 0 aromatic heterocycles. The maximum atomic E-state index is 13.1. The molecule has 0 saturated carbocycles. The van der Waals surface area contributed by atoms with Gasteiger partial charge in [-0.2, -0.15) is 4.99 Å². The van der Waals surface area contributed by atoms with E-state index in [-0.39, 0.29) is 35.4 Å². The second kappa shape index (κ2) is 13.9. The summed E-state index contributed by atoms with van der Waals surface area (Å²) in [5.41, 5.74) is 6.34. The minimum atomic E-state index is -2.06. The van der Waals surface area contributed by atoms with E-state index >= 15 is 0 Å². The zero-order valence-electron chi connectivity index (χ0n) is 23.7. The van der Waals surface area contributed by atoms with Crippen LogP contribution in [0.4, 0.5) is 10.5 Å². The molecule has 40 heavy (non-hydrogen) atoms. The van der Waals surface area contributed by atoms with Gasteiger partial charge in [-0.05, 0) is 54.5 Å². The number of nitrogen functional groups attached to an aromatic ring is 1. The molecule has 11 nitrogen and oxygen atoms in total. The van der Waals surface area contributed by atoms with Crippen molar-refractivity contribution in [3.63, 3.8) is 0 Å². The van der Waals surface area contributed by atoms with Gasteiger partial charge in [-0.1, -0.05) is 39.0 Å². The number of carboxylic acids is 1. The van der Waals surface area contributed by atoms with Crippen molar-refractivity contribution in [1.29, 1.82) is 0 Å². The first-order chi connectivity index (χ1) is 18.6. The predicted octanol–water partition coefficient (Wildman–Crippen LogP) is 4.39. The van der Waals surface area contributed by atoms with Crippen LogP contribution in [-0.4, -0.2) is 74.3 Å². The van der Waals surface area contributed by atoms with Gasteiger partial charge < -0.3 is 24.7 Å². The number of aliphatic carboxylic acids is 1. The number of benzene rings is 2. The van der Waals surface area contributed by atoms with Gasteiger partial charge in [0.25, 0.3) is 12.0 Å². The summed E-state index contributed by atoms with van der Waals surface area (Å²) in [6, 6.07) is 14.0. The summed E-state index contributed by atoms with van der Waals surface area (Å²) in [5, 5.41) is 9.62. The van der Waals surface area contributed by atoms with Gasteiger partial charge in [0.2, 0.25) is 0 Å². The van der Waals surface area contributed by atoms with Crippen LogP contribution in [0.3, 0.4) is 0 Å². The lowest BCUT2D eigenvalue weighted by Gasteiger charge is -2.36. The molecule has 0 saturated heterocycles. The molecule has 216 valence electrons. The Bertz CT molecular complexity index is 1220. The molecule has 2 aromatic carbocycles. The predicted molar refractivity (Wildman–Crippen MR) is 153 cm³/mol. The van der Waals surface area contributed by atoms with Crippen molar-refractivity contribution < 1.29 is 38.2 Å². The third kappa shape index (κ3) is 9.31. The highest BCUT2D eigenvalue weighted by atomic mass is 28.4. The van der Waals surface area contributed by atoms with E-state index in [4.69, 9.17) is 19.6 Å². The van der Waals surface area contributed by atoms with E-state index < -0.39 is 44.6 Å². The smallest absolute Gasteiger partial charge is 0.435 e. The fraction of sp³-hybridized carbons (Fsp3) is 0.393. The molecule has 0 aliphatic heterocycles. The Balaban J connectivity index is 2.23. The fourth-order valence-electron chi connectivity index (χ4n) is 3.09. The molecule has 0 heterocycles. The van der Waals surface area contributed by atoms with Crippen molar-refractivity contribution in [1.82, 2.24) is 4.90 Å². The van der Waals surface area contributed by atoms with E-state index in [1.807, 2.05) is 0 Å². The average molecular weight is 572 g/mol. The number of rotatable bonds is 11. The Morgan fingerprint density at radius 2 is 1.60 bits per heavy atom. The zero-order valence-corrected chi connectivity index (χ0v) is 24.7. The van der Waals surface area contributed by atoms with E-state index in [1.54, 1.807) is 30.3 Å². The number of hydrogen-bond donors (Lipinski definition) is 2. The summed E-state index contributed by atoms with van der Waals surface area (Å²) < 4.78 is 16.5. The van der Waals surface area contributed by atoms with Crippen molar-refractivity contribution in [2.24, 2.45) is 4.99 Å². The molecule has 3 N–H and O–H groups in total. The number of ether oxygens (including phenoxy) is 2. The summed E-state index contributed by atoms with van der Waals surface area (Å²) in [7, 11) is -0.736. The molecule has 1 atom stereocenters. The number of carbonyl (C=O) groups is 4. The quantitative estimate of drug-likeness (QED) is 0.0996. The van der Waals surface area contributed by atoms with Crippen LogP contribution in [0.2, 0.25) is 18.1 Å². The van der Waals surface area contributed by atoms with Gasteiger partial charge in [0.1, 0.15) is 18.2 Å². The SMILES string of the molecule is CN(C(=O)c1ccccc1)C(CC(=O)C(Oc1ccc(N)cc1)C(=O)O)=NC(=O)OCCO[Si](C)(C)C(C)(C)C. The molecule has 2 rings (SSSR count). The summed E-state index contributed by atoms with van der Waals surface area (Å²) in [5.74, 6) is -3.26. The Hall–Kier alpha value is -4.03.